The zero-order valence-electron chi connectivity index (χ0n) is 15.6. The molecule has 25 heavy (non-hydrogen) atoms. The molecule has 1 atom stereocenters. The van der Waals surface area contributed by atoms with Gasteiger partial charge in [0.05, 0.1) is 0 Å². The summed E-state index contributed by atoms with van der Waals surface area (Å²) < 4.78 is 5.72. The van der Waals surface area contributed by atoms with Gasteiger partial charge >= 0.3 is 0 Å². The van der Waals surface area contributed by atoms with Gasteiger partial charge < -0.3 is 14.5 Å². The van der Waals surface area contributed by atoms with Crippen LogP contribution in [0.5, 0.6) is 5.75 Å². The molecule has 3 rings (SSSR count). The van der Waals surface area contributed by atoms with Crippen molar-refractivity contribution in [3.8, 4) is 5.75 Å². The maximum atomic E-state index is 12.7. The van der Waals surface area contributed by atoms with E-state index in [0.717, 1.165) is 38.1 Å². The van der Waals surface area contributed by atoms with Crippen molar-refractivity contribution in [1.29, 1.82) is 0 Å². The first-order valence-corrected chi connectivity index (χ1v) is 9.94. The molecule has 1 amide bonds. The van der Waals surface area contributed by atoms with Crippen LogP contribution in [0.15, 0.2) is 24.3 Å². The van der Waals surface area contributed by atoms with E-state index in [-0.39, 0.29) is 12.5 Å². The summed E-state index contributed by atoms with van der Waals surface area (Å²) in [5.41, 5.74) is 1.20. The normalized spacial score (nSPS) is 22.0. The second-order valence-electron chi connectivity index (χ2n) is 7.53. The highest BCUT2D eigenvalue weighted by molar-refractivity contribution is 5.78. The summed E-state index contributed by atoms with van der Waals surface area (Å²) in [5.74, 6) is 0.921. The molecule has 2 aliphatic rings. The summed E-state index contributed by atoms with van der Waals surface area (Å²) in [6, 6.07) is 8.30. The molecule has 0 unspecified atom stereocenters. The number of ether oxygens (including phenoxy) is 1. The average molecular weight is 344 g/mol. The van der Waals surface area contributed by atoms with Crippen molar-refractivity contribution in [3.63, 3.8) is 0 Å². The van der Waals surface area contributed by atoms with Crippen LogP contribution in [0.4, 0.5) is 0 Å². The highest BCUT2D eigenvalue weighted by Gasteiger charge is 2.27. The maximum absolute atomic E-state index is 12.7. The second kappa shape index (κ2) is 9.23. The molecule has 0 aromatic heterocycles. The van der Waals surface area contributed by atoms with Gasteiger partial charge in [0.25, 0.3) is 5.91 Å². The molecule has 4 heteroatoms. The van der Waals surface area contributed by atoms with Crippen LogP contribution in [-0.4, -0.2) is 54.5 Å². The van der Waals surface area contributed by atoms with E-state index in [1.54, 1.807) is 0 Å². The van der Waals surface area contributed by atoms with Crippen molar-refractivity contribution in [2.24, 2.45) is 0 Å². The molecule has 2 fully saturated rings. The minimum Gasteiger partial charge on any atom is -0.484 e. The smallest absolute Gasteiger partial charge is 0.260 e. The number of carbonyl (C=O) groups excluding carboxylic acids is 1. The van der Waals surface area contributed by atoms with Crippen molar-refractivity contribution in [2.75, 3.05) is 32.8 Å². The number of nitrogens with zero attached hydrogens (tertiary/aromatic N) is 2. The van der Waals surface area contributed by atoms with E-state index in [4.69, 9.17) is 4.74 Å². The highest BCUT2D eigenvalue weighted by Crippen LogP contribution is 2.21. The fourth-order valence-corrected chi connectivity index (χ4v) is 4.01. The highest BCUT2D eigenvalue weighted by atomic mass is 16.5. The van der Waals surface area contributed by atoms with Gasteiger partial charge in [0.2, 0.25) is 0 Å². The van der Waals surface area contributed by atoms with Crippen LogP contribution in [-0.2, 0) is 4.79 Å². The Kier molecular flexibility index (Phi) is 6.74. The van der Waals surface area contributed by atoms with Gasteiger partial charge in [-0.25, -0.2) is 0 Å². The van der Waals surface area contributed by atoms with Crippen LogP contribution >= 0.6 is 0 Å². The molecule has 138 valence electrons. The number of aryl methyl sites for hydroxylation is 1. The molecule has 2 heterocycles. The Labute approximate surface area is 152 Å². The van der Waals surface area contributed by atoms with Gasteiger partial charge in [-0.3, -0.25) is 4.79 Å². The molecular formula is C21H32N2O2. The quantitative estimate of drug-likeness (QED) is 0.790. The Morgan fingerprint density at radius 2 is 1.76 bits per heavy atom. The lowest BCUT2D eigenvalue weighted by Crippen LogP contribution is -2.47. The minimum atomic E-state index is 0.143. The van der Waals surface area contributed by atoms with Crippen molar-refractivity contribution in [3.05, 3.63) is 29.8 Å². The number of carbonyl (C=O) groups is 1. The summed E-state index contributed by atoms with van der Waals surface area (Å²) in [6.45, 7) is 6.70. The summed E-state index contributed by atoms with van der Waals surface area (Å²) in [4.78, 5) is 17.3. The van der Waals surface area contributed by atoms with E-state index in [1.807, 2.05) is 24.3 Å². The molecule has 0 N–H and O–H groups in total. The van der Waals surface area contributed by atoms with Gasteiger partial charge in [-0.15, -0.1) is 0 Å². The van der Waals surface area contributed by atoms with E-state index >= 15 is 0 Å². The number of amides is 1. The summed E-state index contributed by atoms with van der Waals surface area (Å²) in [6.07, 6.45) is 8.65. The lowest BCUT2D eigenvalue weighted by Gasteiger charge is -2.37. The summed E-state index contributed by atoms with van der Waals surface area (Å²) in [7, 11) is 0. The number of hydrogen-bond acceptors (Lipinski definition) is 3. The molecule has 0 spiro atoms. The molecule has 0 radical (unpaired) electrons. The fraction of sp³-hybridized carbons (Fsp3) is 0.667. The van der Waals surface area contributed by atoms with Crippen LogP contribution < -0.4 is 4.74 Å². The van der Waals surface area contributed by atoms with Gasteiger partial charge in [0.15, 0.2) is 6.61 Å². The third-order valence-electron chi connectivity index (χ3n) is 5.56. The number of rotatable bonds is 6. The Balaban J connectivity index is 1.48. The Morgan fingerprint density at radius 1 is 1.04 bits per heavy atom. The van der Waals surface area contributed by atoms with Gasteiger partial charge in [-0.1, -0.05) is 24.1 Å². The van der Waals surface area contributed by atoms with Crippen LogP contribution in [0.3, 0.4) is 0 Å². The van der Waals surface area contributed by atoms with E-state index in [1.165, 1.54) is 44.3 Å². The van der Waals surface area contributed by atoms with E-state index in [9.17, 15) is 4.79 Å². The Bertz CT molecular complexity index is 537. The number of benzene rings is 1. The first kappa shape index (κ1) is 18.2. The van der Waals surface area contributed by atoms with E-state index in [0.29, 0.717) is 6.04 Å². The molecule has 1 aromatic carbocycles. The molecule has 0 saturated carbocycles. The largest absolute Gasteiger partial charge is 0.484 e. The molecule has 2 saturated heterocycles. The van der Waals surface area contributed by atoms with Gasteiger partial charge in [0, 0.05) is 19.1 Å². The monoisotopic (exact) mass is 344 g/mol. The zero-order valence-corrected chi connectivity index (χ0v) is 15.6. The average Bonchev–Trinajstić information content (AvgIpc) is 2.67. The van der Waals surface area contributed by atoms with Crippen molar-refractivity contribution in [2.45, 2.75) is 57.9 Å². The third-order valence-corrected chi connectivity index (χ3v) is 5.56. The standard InChI is InChI=1S/C21H32N2O2/c1-18-8-10-20(11-9-18)25-17-21(24)23-15-6-3-7-19(23)12-16-22-13-4-2-5-14-22/h8-11,19H,2-7,12-17H2,1H3/t19-/m0/s1. The van der Waals surface area contributed by atoms with Crippen LogP contribution in [0.25, 0.3) is 0 Å². The Morgan fingerprint density at radius 3 is 2.52 bits per heavy atom. The fourth-order valence-electron chi connectivity index (χ4n) is 4.01. The number of piperidine rings is 2. The predicted octanol–water partition coefficient (Wildman–Crippen LogP) is 3.63. The molecular weight excluding hydrogens is 312 g/mol. The lowest BCUT2D eigenvalue weighted by molar-refractivity contribution is -0.137. The SMILES string of the molecule is Cc1ccc(OCC(=O)N2CCCC[C@H]2CCN2CCCCC2)cc1. The molecule has 0 bridgehead atoms. The van der Waals surface area contributed by atoms with Crippen LogP contribution in [0.1, 0.15) is 50.5 Å². The molecule has 1 aromatic rings. The lowest BCUT2D eigenvalue weighted by atomic mass is 9.98. The first-order chi connectivity index (χ1) is 12.2. The minimum absolute atomic E-state index is 0.143. The number of likely N-dealkylation sites (tertiary alicyclic amines) is 2. The Hall–Kier alpha value is -1.55. The molecule has 4 nitrogen and oxygen atoms in total. The van der Waals surface area contributed by atoms with Gasteiger partial charge in [0.1, 0.15) is 5.75 Å². The van der Waals surface area contributed by atoms with Crippen LogP contribution in [0, 0.1) is 6.92 Å². The first-order valence-electron chi connectivity index (χ1n) is 9.94. The predicted molar refractivity (Wildman–Crippen MR) is 101 cm³/mol. The summed E-state index contributed by atoms with van der Waals surface area (Å²) in [5, 5.41) is 0. The van der Waals surface area contributed by atoms with Gasteiger partial charge in [-0.05, 0) is 70.7 Å². The maximum Gasteiger partial charge on any atom is 0.260 e. The molecule has 2 aliphatic heterocycles. The van der Waals surface area contributed by atoms with Crippen molar-refractivity contribution >= 4 is 5.91 Å². The molecule has 0 aliphatic carbocycles. The second-order valence-corrected chi connectivity index (χ2v) is 7.53. The van der Waals surface area contributed by atoms with Gasteiger partial charge in [-0.2, -0.15) is 0 Å². The van der Waals surface area contributed by atoms with Crippen LogP contribution in [0.2, 0.25) is 0 Å². The zero-order chi connectivity index (χ0) is 17.5. The van der Waals surface area contributed by atoms with E-state index in [2.05, 4.69) is 16.7 Å². The van der Waals surface area contributed by atoms with E-state index < -0.39 is 0 Å². The number of hydrogen-bond donors (Lipinski definition) is 0. The van der Waals surface area contributed by atoms with Crippen molar-refractivity contribution < 1.29 is 9.53 Å². The topological polar surface area (TPSA) is 32.8 Å². The third kappa shape index (κ3) is 5.46. The van der Waals surface area contributed by atoms with Crippen molar-refractivity contribution in [1.82, 2.24) is 9.80 Å². The summed E-state index contributed by atoms with van der Waals surface area (Å²) >= 11 is 0.